The summed E-state index contributed by atoms with van der Waals surface area (Å²) in [5, 5.41) is 11.7. The average Bonchev–Trinajstić information content (AvgIpc) is 3.23. The first-order valence-electron chi connectivity index (χ1n) is 9.29. The lowest BCUT2D eigenvalue weighted by Crippen LogP contribution is -2.30. The van der Waals surface area contributed by atoms with Crippen LogP contribution in [0, 0.1) is 0 Å². The van der Waals surface area contributed by atoms with Crippen LogP contribution >= 0.6 is 11.3 Å². The molecule has 0 atom stereocenters. The Balaban J connectivity index is 1.89. The first kappa shape index (κ1) is 21.9. The Kier molecular flexibility index (Phi) is 6.80. The number of methoxy groups -OCH3 is 1. The largest absolute Gasteiger partial charge is 0.496 e. The summed E-state index contributed by atoms with van der Waals surface area (Å²) in [5.41, 5.74) is 0.989. The fourth-order valence-electron chi connectivity index (χ4n) is 2.87. The Morgan fingerprint density at radius 1 is 1.10 bits per heavy atom. The molecule has 10 heteroatoms. The predicted molar refractivity (Wildman–Crippen MR) is 116 cm³/mol. The van der Waals surface area contributed by atoms with Crippen LogP contribution < -0.4 is 10.1 Å². The zero-order valence-electron chi connectivity index (χ0n) is 16.8. The van der Waals surface area contributed by atoms with Gasteiger partial charge in [-0.1, -0.05) is 55.5 Å². The fraction of sp³-hybridized carbons (Fsp3) is 0.250. The van der Waals surface area contributed by atoms with E-state index >= 15 is 0 Å². The van der Waals surface area contributed by atoms with Crippen molar-refractivity contribution in [3.8, 4) is 16.3 Å². The molecule has 0 radical (unpaired) electrons. The molecule has 0 aliphatic rings. The summed E-state index contributed by atoms with van der Waals surface area (Å²) in [6.45, 7) is 4.19. The molecule has 1 N–H and O–H groups in total. The molecule has 3 aromatic rings. The van der Waals surface area contributed by atoms with Gasteiger partial charge in [-0.25, -0.2) is 8.42 Å². The third-order valence-electron chi connectivity index (χ3n) is 4.42. The standard InChI is InChI=1S/C20H22N4O4S2/c1-4-24(5-2)30(26,27)15-11-12-17(28-3)16(13-15)18(25)21-20-23-22-19(29-20)14-9-7-6-8-10-14/h6-13H,4-5H2,1-3H3,(H,21,23,25). The predicted octanol–water partition coefficient (Wildman–Crippen LogP) is 3.50. The van der Waals surface area contributed by atoms with E-state index in [2.05, 4.69) is 15.5 Å². The summed E-state index contributed by atoms with van der Waals surface area (Å²) >= 11 is 1.22. The minimum atomic E-state index is -3.71. The smallest absolute Gasteiger partial charge is 0.261 e. The SMILES string of the molecule is CCN(CC)S(=O)(=O)c1ccc(OC)c(C(=O)Nc2nnc(-c3ccccc3)s2)c1. The van der Waals surface area contributed by atoms with Crippen molar-refractivity contribution in [3.05, 3.63) is 54.1 Å². The van der Waals surface area contributed by atoms with Crippen molar-refractivity contribution < 1.29 is 17.9 Å². The van der Waals surface area contributed by atoms with Crippen LogP contribution in [0.1, 0.15) is 24.2 Å². The molecule has 30 heavy (non-hydrogen) atoms. The number of amides is 1. The van der Waals surface area contributed by atoms with Gasteiger partial charge in [-0.3, -0.25) is 10.1 Å². The normalized spacial score (nSPS) is 11.5. The van der Waals surface area contributed by atoms with Crippen LogP contribution in [0.2, 0.25) is 0 Å². The Morgan fingerprint density at radius 2 is 1.80 bits per heavy atom. The number of nitrogens with one attached hydrogen (secondary N) is 1. The van der Waals surface area contributed by atoms with E-state index in [0.29, 0.717) is 23.2 Å². The first-order chi connectivity index (χ1) is 14.4. The van der Waals surface area contributed by atoms with Crippen LogP contribution in [0.3, 0.4) is 0 Å². The molecule has 0 spiro atoms. The van der Waals surface area contributed by atoms with Crippen LogP contribution in [0.15, 0.2) is 53.4 Å². The number of carbonyl (C=O) groups is 1. The number of benzene rings is 2. The minimum Gasteiger partial charge on any atom is -0.496 e. The molecule has 0 fully saturated rings. The fourth-order valence-corrected chi connectivity index (χ4v) is 5.10. The van der Waals surface area contributed by atoms with Gasteiger partial charge in [0.05, 0.1) is 17.6 Å². The number of hydrogen-bond acceptors (Lipinski definition) is 7. The Bertz CT molecular complexity index is 1130. The average molecular weight is 447 g/mol. The highest BCUT2D eigenvalue weighted by Gasteiger charge is 2.25. The molecule has 1 amide bonds. The third kappa shape index (κ3) is 4.50. The number of nitrogens with zero attached hydrogens (tertiary/aromatic N) is 3. The maximum absolute atomic E-state index is 12.9. The Hall–Kier alpha value is -2.82. The molecular weight excluding hydrogens is 424 g/mol. The summed E-state index contributed by atoms with van der Waals surface area (Å²) in [7, 11) is -2.29. The van der Waals surface area contributed by atoms with E-state index in [1.54, 1.807) is 13.8 Å². The summed E-state index contributed by atoms with van der Waals surface area (Å²) in [6.07, 6.45) is 0. The quantitative estimate of drug-likeness (QED) is 0.568. The van der Waals surface area contributed by atoms with Crippen LogP contribution in [0.4, 0.5) is 5.13 Å². The molecule has 2 aromatic carbocycles. The molecular formula is C20H22N4O4S2. The van der Waals surface area contributed by atoms with Crippen molar-refractivity contribution in [2.45, 2.75) is 18.7 Å². The number of anilines is 1. The monoisotopic (exact) mass is 446 g/mol. The van der Waals surface area contributed by atoms with Crippen LogP contribution in [0.25, 0.3) is 10.6 Å². The zero-order chi connectivity index (χ0) is 21.7. The van der Waals surface area contributed by atoms with Gasteiger partial charge in [0.2, 0.25) is 15.2 Å². The van der Waals surface area contributed by atoms with E-state index in [-0.39, 0.29) is 16.2 Å². The number of carbonyl (C=O) groups excluding carboxylic acids is 1. The van der Waals surface area contributed by atoms with E-state index in [9.17, 15) is 13.2 Å². The maximum Gasteiger partial charge on any atom is 0.261 e. The second-order valence-electron chi connectivity index (χ2n) is 6.18. The highest BCUT2D eigenvalue weighted by atomic mass is 32.2. The summed E-state index contributed by atoms with van der Waals surface area (Å²) in [5.74, 6) is -0.266. The molecule has 0 aliphatic carbocycles. The van der Waals surface area contributed by atoms with Crippen molar-refractivity contribution in [2.24, 2.45) is 0 Å². The lowest BCUT2D eigenvalue weighted by molar-refractivity contribution is 0.102. The highest BCUT2D eigenvalue weighted by molar-refractivity contribution is 7.89. The van der Waals surface area contributed by atoms with Gasteiger partial charge >= 0.3 is 0 Å². The zero-order valence-corrected chi connectivity index (χ0v) is 18.5. The molecule has 0 aliphatic heterocycles. The lowest BCUT2D eigenvalue weighted by Gasteiger charge is -2.19. The second kappa shape index (κ2) is 9.33. The topological polar surface area (TPSA) is 101 Å². The highest BCUT2D eigenvalue weighted by Crippen LogP contribution is 2.28. The molecule has 0 saturated carbocycles. The van der Waals surface area contributed by atoms with E-state index in [4.69, 9.17) is 4.74 Å². The molecule has 1 heterocycles. The third-order valence-corrected chi connectivity index (χ3v) is 7.36. The molecule has 0 bridgehead atoms. The molecule has 8 nitrogen and oxygen atoms in total. The number of sulfonamides is 1. The van der Waals surface area contributed by atoms with Gasteiger partial charge in [0.1, 0.15) is 10.8 Å². The first-order valence-corrected chi connectivity index (χ1v) is 11.5. The second-order valence-corrected chi connectivity index (χ2v) is 9.10. The van der Waals surface area contributed by atoms with Crippen LogP contribution in [-0.2, 0) is 10.0 Å². The van der Waals surface area contributed by atoms with Crippen molar-refractivity contribution in [1.82, 2.24) is 14.5 Å². The van der Waals surface area contributed by atoms with E-state index in [1.165, 1.54) is 41.0 Å². The van der Waals surface area contributed by atoms with E-state index in [1.807, 2.05) is 30.3 Å². The van der Waals surface area contributed by atoms with Gasteiger partial charge in [-0.15, -0.1) is 10.2 Å². The van der Waals surface area contributed by atoms with Crippen molar-refractivity contribution >= 4 is 32.4 Å². The van der Waals surface area contributed by atoms with Gasteiger partial charge in [-0.2, -0.15) is 4.31 Å². The lowest BCUT2D eigenvalue weighted by atomic mass is 10.2. The van der Waals surface area contributed by atoms with Crippen molar-refractivity contribution in [3.63, 3.8) is 0 Å². The minimum absolute atomic E-state index is 0.0272. The Labute approximate surface area is 179 Å². The van der Waals surface area contributed by atoms with E-state index < -0.39 is 15.9 Å². The van der Waals surface area contributed by atoms with Crippen molar-refractivity contribution in [2.75, 3.05) is 25.5 Å². The van der Waals surface area contributed by atoms with Gasteiger partial charge < -0.3 is 4.74 Å². The molecule has 1 aromatic heterocycles. The number of aromatic nitrogens is 2. The van der Waals surface area contributed by atoms with Crippen molar-refractivity contribution in [1.29, 1.82) is 0 Å². The van der Waals surface area contributed by atoms with E-state index in [0.717, 1.165) is 5.56 Å². The number of rotatable bonds is 8. The van der Waals surface area contributed by atoms with Gasteiger partial charge in [0.15, 0.2) is 0 Å². The maximum atomic E-state index is 12.9. The molecule has 0 unspecified atom stereocenters. The summed E-state index contributed by atoms with van der Waals surface area (Å²) in [6, 6.07) is 13.7. The van der Waals surface area contributed by atoms with Gasteiger partial charge in [0, 0.05) is 18.7 Å². The molecule has 158 valence electrons. The number of ether oxygens (including phenoxy) is 1. The van der Waals surface area contributed by atoms with Gasteiger partial charge in [0.25, 0.3) is 5.91 Å². The molecule has 3 rings (SSSR count). The summed E-state index contributed by atoms with van der Waals surface area (Å²) < 4.78 is 32.2. The van der Waals surface area contributed by atoms with Crippen LogP contribution in [0.5, 0.6) is 5.75 Å². The van der Waals surface area contributed by atoms with Crippen LogP contribution in [-0.4, -0.2) is 49.0 Å². The number of hydrogen-bond donors (Lipinski definition) is 1. The Morgan fingerprint density at radius 3 is 2.43 bits per heavy atom. The summed E-state index contributed by atoms with van der Waals surface area (Å²) in [4.78, 5) is 12.9. The van der Waals surface area contributed by atoms with Gasteiger partial charge in [-0.05, 0) is 18.2 Å². The molecule has 0 saturated heterocycles.